The van der Waals surface area contributed by atoms with Crippen LogP contribution in [0.25, 0.3) is 0 Å². The lowest BCUT2D eigenvalue weighted by atomic mass is 9.72. The first-order valence-corrected chi connectivity index (χ1v) is 24.3. The van der Waals surface area contributed by atoms with E-state index < -0.39 is 59.4 Å². The fourth-order valence-electron chi connectivity index (χ4n) is 10.8. The molecule has 358 valence electrons. The van der Waals surface area contributed by atoms with Crippen molar-refractivity contribution in [3.05, 3.63) is 323 Å². The smallest absolute Gasteiger partial charge is 0.185 e. The summed E-state index contributed by atoms with van der Waals surface area (Å²) in [6.45, 7) is 0. The van der Waals surface area contributed by atoms with Crippen LogP contribution < -0.4 is 0 Å². The minimum Gasteiger partial charge on any atom is -0.378 e. The van der Waals surface area contributed by atoms with Gasteiger partial charge < -0.3 is 39.4 Å². The molecule has 72 heavy (non-hydrogen) atoms. The Morgan fingerprint density at radius 2 is 0.347 bits per heavy atom. The van der Waals surface area contributed by atoms with Crippen molar-refractivity contribution in [2.75, 3.05) is 0 Å². The standard InChI is InChI=1S/C64H54O8/c65-61(47-25-9-1-10-26-47,48-27-11-2-12-28-48)55-56(62(66,49-29-13-3-14-30-49)50-31-15-4-16-32-50)70-59(69-55)45-41-43-46(44-42-45)60-71-57(63(67,51-33-17-5-18-34-51)52-35-19-6-20-36-52)58(72-60)64(68,53-37-21-7-22-38-53)54-39-23-8-24-40-54/h1-44,55-60,65-68H/t55-,56-,57+,58+. The quantitative estimate of drug-likeness (QED) is 0.0851. The number of aliphatic hydroxyl groups is 4. The van der Waals surface area contributed by atoms with Crippen LogP contribution in [0, 0.1) is 0 Å². The first kappa shape index (κ1) is 47.0. The molecule has 4 N–H and O–H groups in total. The Balaban J connectivity index is 1.02. The molecule has 0 radical (unpaired) electrons. The molecule has 0 amide bonds. The Hall–Kier alpha value is -7.34. The second kappa shape index (κ2) is 19.7. The molecule has 8 heteroatoms. The van der Waals surface area contributed by atoms with Crippen LogP contribution in [0.5, 0.6) is 0 Å². The lowest BCUT2D eigenvalue weighted by Gasteiger charge is -2.42. The molecule has 9 aromatic rings. The van der Waals surface area contributed by atoms with Crippen molar-refractivity contribution in [1.29, 1.82) is 0 Å². The third kappa shape index (κ3) is 8.18. The minimum absolute atomic E-state index is 0.561. The van der Waals surface area contributed by atoms with Gasteiger partial charge in [0.1, 0.15) is 46.8 Å². The summed E-state index contributed by atoms with van der Waals surface area (Å²) >= 11 is 0. The number of benzene rings is 9. The number of ether oxygens (including phenoxy) is 4. The van der Waals surface area contributed by atoms with Crippen molar-refractivity contribution in [2.24, 2.45) is 0 Å². The number of hydrogen-bond acceptors (Lipinski definition) is 8. The highest BCUT2D eigenvalue weighted by atomic mass is 16.7. The Bertz CT molecular complexity index is 2580. The molecule has 0 saturated carbocycles. The van der Waals surface area contributed by atoms with Gasteiger partial charge >= 0.3 is 0 Å². The van der Waals surface area contributed by atoms with Crippen molar-refractivity contribution >= 4 is 0 Å². The maximum absolute atomic E-state index is 13.5. The third-order valence-corrected chi connectivity index (χ3v) is 14.5. The van der Waals surface area contributed by atoms with E-state index in [0.717, 1.165) is 0 Å². The van der Waals surface area contributed by atoms with Crippen LogP contribution in [0.1, 0.15) is 68.2 Å². The van der Waals surface area contributed by atoms with E-state index in [2.05, 4.69) is 0 Å². The number of rotatable bonds is 14. The monoisotopic (exact) mass is 950 g/mol. The molecule has 0 unspecified atom stereocenters. The van der Waals surface area contributed by atoms with E-state index in [9.17, 15) is 20.4 Å². The van der Waals surface area contributed by atoms with Gasteiger partial charge in [0.25, 0.3) is 0 Å². The van der Waals surface area contributed by atoms with Crippen molar-refractivity contribution in [2.45, 2.75) is 59.4 Å². The average Bonchev–Trinajstić information content (AvgIpc) is 4.14. The van der Waals surface area contributed by atoms with E-state index in [1.165, 1.54) is 0 Å². The molecule has 2 aliphatic rings. The Labute approximate surface area is 419 Å². The highest BCUT2D eigenvalue weighted by molar-refractivity contribution is 5.46. The summed E-state index contributed by atoms with van der Waals surface area (Å²) in [5, 5.41) is 53.8. The predicted octanol–water partition coefficient (Wildman–Crippen LogP) is 11.0. The molecule has 2 heterocycles. The zero-order valence-corrected chi connectivity index (χ0v) is 39.3. The van der Waals surface area contributed by atoms with E-state index in [-0.39, 0.29) is 0 Å². The van der Waals surface area contributed by atoms with Gasteiger partial charge in [-0.15, -0.1) is 0 Å². The summed E-state index contributed by atoms with van der Waals surface area (Å²) in [5.41, 5.74) is -1.61. The minimum atomic E-state index is -1.82. The van der Waals surface area contributed by atoms with Crippen LogP contribution in [0.2, 0.25) is 0 Å². The van der Waals surface area contributed by atoms with E-state index in [4.69, 9.17) is 18.9 Å². The first-order valence-electron chi connectivity index (χ1n) is 24.3. The fourth-order valence-corrected chi connectivity index (χ4v) is 10.8. The van der Waals surface area contributed by atoms with Crippen LogP contribution in [0.4, 0.5) is 0 Å². The zero-order chi connectivity index (χ0) is 49.2. The van der Waals surface area contributed by atoms with Crippen LogP contribution in [-0.4, -0.2) is 44.8 Å². The van der Waals surface area contributed by atoms with E-state index in [1.54, 1.807) is 0 Å². The maximum Gasteiger partial charge on any atom is 0.185 e. The molecule has 2 fully saturated rings. The van der Waals surface area contributed by atoms with Gasteiger partial charge in [-0.3, -0.25) is 0 Å². The number of hydrogen-bond donors (Lipinski definition) is 4. The molecular weight excluding hydrogens is 897 g/mol. The van der Waals surface area contributed by atoms with Gasteiger partial charge in [-0.1, -0.05) is 267 Å². The van der Waals surface area contributed by atoms with Crippen LogP contribution in [-0.2, 0) is 41.4 Å². The zero-order valence-electron chi connectivity index (χ0n) is 39.3. The van der Waals surface area contributed by atoms with Gasteiger partial charge in [0, 0.05) is 11.1 Å². The van der Waals surface area contributed by atoms with E-state index in [1.807, 2.05) is 267 Å². The summed E-state index contributed by atoms with van der Waals surface area (Å²) in [7, 11) is 0. The highest BCUT2D eigenvalue weighted by Crippen LogP contribution is 2.53. The molecule has 0 bridgehead atoms. The summed E-state index contributed by atoms with van der Waals surface area (Å²) in [4.78, 5) is 0. The molecule has 11 rings (SSSR count). The third-order valence-electron chi connectivity index (χ3n) is 14.5. The molecule has 4 atom stereocenters. The van der Waals surface area contributed by atoms with Gasteiger partial charge in [0.05, 0.1) is 0 Å². The molecule has 2 aliphatic heterocycles. The van der Waals surface area contributed by atoms with Gasteiger partial charge in [-0.05, 0) is 44.5 Å². The molecular formula is C64H54O8. The van der Waals surface area contributed by atoms with Crippen molar-refractivity contribution in [3.8, 4) is 0 Å². The summed E-state index contributed by atoms with van der Waals surface area (Å²) in [6, 6.07) is 82.1. The highest BCUT2D eigenvalue weighted by Gasteiger charge is 2.61. The average molecular weight is 951 g/mol. The van der Waals surface area contributed by atoms with Gasteiger partial charge in [0.15, 0.2) is 12.6 Å². The predicted molar refractivity (Wildman–Crippen MR) is 275 cm³/mol. The molecule has 9 aromatic carbocycles. The molecule has 2 saturated heterocycles. The van der Waals surface area contributed by atoms with Crippen LogP contribution in [0.3, 0.4) is 0 Å². The largest absolute Gasteiger partial charge is 0.378 e. The summed E-state index contributed by atoms with van der Waals surface area (Å²) in [5.74, 6) is 0. The van der Waals surface area contributed by atoms with Gasteiger partial charge in [-0.25, -0.2) is 0 Å². The lowest BCUT2D eigenvalue weighted by molar-refractivity contribution is -0.110. The Morgan fingerprint density at radius 1 is 0.208 bits per heavy atom. The van der Waals surface area contributed by atoms with E-state index in [0.29, 0.717) is 55.6 Å². The SMILES string of the molecule is OC(c1ccccc1)(c1ccccc1)[C@@H]1OC(c2ccc(C3O[C@H](C(O)(c4ccccc4)c4ccccc4)[C@@H](C(O)(c4ccccc4)c4ccccc4)O3)cc2)O[C@H]1C(O)(c1ccccc1)c1ccccc1. The normalized spacial score (nSPS) is 19.1. The van der Waals surface area contributed by atoms with Crippen molar-refractivity contribution in [3.63, 3.8) is 0 Å². The lowest BCUT2D eigenvalue weighted by Crippen LogP contribution is -2.54. The van der Waals surface area contributed by atoms with Crippen molar-refractivity contribution in [1.82, 2.24) is 0 Å². The first-order chi connectivity index (χ1) is 35.2. The molecule has 0 spiro atoms. The summed E-state index contributed by atoms with van der Waals surface area (Å²) in [6.07, 6.45) is -6.88. The van der Waals surface area contributed by atoms with Crippen LogP contribution >= 0.6 is 0 Å². The second-order valence-corrected chi connectivity index (χ2v) is 18.6. The molecule has 8 nitrogen and oxygen atoms in total. The topological polar surface area (TPSA) is 118 Å². The molecule has 0 aliphatic carbocycles. The van der Waals surface area contributed by atoms with Gasteiger partial charge in [-0.2, -0.15) is 0 Å². The van der Waals surface area contributed by atoms with Crippen molar-refractivity contribution < 1.29 is 39.4 Å². The maximum atomic E-state index is 13.5. The van der Waals surface area contributed by atoms with Crippen LogP contribution in [0.15, 0.2) is 267 Å². The van der Waals surface area contributed by atoms with E-state index >= 15 is 0 Å². The van der Waals surface area contributed by atoms with Gasteiger partial charge in [0.2, 0.25) is 0 Å². The second-order valence-electron chi connectivity index (χ2n) is 18.6. The summed E-state index contributed by atoms with van der Waals surface area (Å²) < 4.78 is 28.2. The fraction of sp³-hybridized carbons (Fsp3) is 0.156. The molecule has 0 aromatic heterocycles. The Morgan fingerprint density at radius 3 is 0.486 bits per heavy atom. The Kier molecular flexibility index (Phi) is 12.9.